The van der Waals surface area contributed by atoms with Crippen LogP contribution in [0.4, 0.5) is 11.4 Å². The SMILES string of the molecule is C=C.C=c1oc2cc3c4ccc(Nc5ccc6sc7ccccc7c6c5)cc4n(C4=CC=CCC4)c3cc2/c1=C/C. The van der Waals surface area contributed by atoms with Crippen molar-refractivity contribution in [3.05, 3.63) is 115 Å². The molecular formula is C37H30N2OS. The summed E-state index contributed by atoms with van der Waals surface area (Å²) in [5, 5.41) is 10.9. The highest BCUT2D eigenvalue weighted by Crippen LogP contribution is 2.39. The molecule has 0 amide bonds. The molecule has 8 rings (SSSR count). The Kier molecular flexibility index (Phi) is 6.14. The molecule has 1 aliphatic rings. The minimum Gasteiger partial charge on any atom is -0.457 e. The van der Waals surface area contributed by atoms with Crippen LogP contribution in [-0.4, -0.2) is 4.57 Å². The third kappa shape index (κ3) is 4.02. The highest BCUT2D eigenvalue weighted by molar-refractivity contribution is 7.25. The molecule has 0 aliphatic heterocycles. The Morgan fingerprint density at radius 2 is 1.61 bits per heavy atom. The summed E-state index contributed by atoms with van der Waals surface area (Å²) < 4.78 is 11.1. The van der Waals surface area contributed by atoms with Gasteiger partial charge in [-0.15, -0.1) is 24.5 Å². The lowest BCUT2D eigenvalue weighted by Crippen LogP contribution is -2.17. The maximum absolute atomic E-state index is 6.07. The van der Waals surface area contributed by atoms with Crippen LogP contribution in [-0.2, 0) is 0 Å². The van der Waals surface area contributed by atoms with Crippen molar-refractivity contribution >= 4 is 94.0 Å². The number of hydrogen-bond acceptors (Lipinski definition) is 3. The lowest BCUT2D eigenvalue weighted by Gasteiger charge is -2.15. The van der Waals surface area contributed by atoms with Crippen LogP contribution in [0.2, 0.25) is 0 Å². The van der Waals surface area contributed by atoms with Gasteiger partial charge >= 0.3 is 0 Å². The molecule has 200 valence electrons. The fraction of sp³-hybridized carbons (Fsp3) is 0.0811. The second kappa shape index (κ2) is 9.99. The molecule has 0 atom stereocenters. The molecule has 0 radical (unpaired) electrons. The summed E-state index contributed by atoms with van der Waals surface area (Å²) in [6, 6.07) is 26.5. The van der Waals surface area contributed by atoms with Gasteiger partial charge in [0, 0.05) is 58.6 Å². The third-order valence-electron chi connectivity index (χ3n) is 7.92. The molecule has 41 heavy (non-hydrogen) atoms. The first kappa shape index (κ1) is 25.2. The second-order valence-corrected chi connectivity index (χ2v) is 11.3. The summed E-state index contributed by atoms with van der Waals surface area (Å²) >= 11 is 1.85. The summed E-state index contributed by atoms with van der Waals surface area (Å²) in [4.78, 5) is 0. The molecule has 4 aromatic carbocycles. The van der Waals surface area contributed by atoms with E-state index in [4.69, 9.17) is 4.42 Å². The van der Waals surface area contributed by atoms with E-state index in [1.807, 2.05) is 18.3 Å². The van der Waals surface area contributed by atoms with E-state index >= 15 is 0 Å². The largest absolute Gasteiger partial charge is 0.457 e. The average molecular weight is 551 g/mol. The lowest BCUT2D eigenvalue weighted by atomic mass is 10.1. The molecule has 0 saturated heterocycles. The number of nitrogens with one attached hydrogen (secondary N) is 1. The second-order valence-electron chi connectivity index (χ2n) is 10.2. The van der Waals surface area contributed by atoms with Gasteiger partial charge in [-0.1, -0.05) is 49.1 Å². The Hall–Kier alpha value is -4.80. The molecule has 0 unspecified atom stereocenters. The average Bonchev–Trinajstić information content (AvgIpc) is 3.64. The number of nitrogens with zero attached hydrogens (tertiary/aromatic N) is 1. The Labute approximate surface area is 242 Å². The number of fused-ring (bicyclic) bond motifs is 7. The minimum absolute atomic E-state index is 0.720. The quantitative estimate of drug-likeness (QED) is 0.222. The molecule has 4 heteroatoms. The van der Waals surface area contributed by atoms with Crippen LogP contribution in [0, 0.1) is 0 Å². The zero-order valence-electron chi connectivity index (χ0n) is 23.0. The van der Waals surface area contributed by atoms with Crippen molar-refractivity contribution in [3.63, 3.8) is 0 Å². The van der Waals surface area contributed by atoms with Crippen molar-refractivity contribution in [1.82, 2.24) is 4.57 Å². The first-order valence-corrected chi connectivity index (χ1v) is 14.7. The molecular weight excluding hydrogens is 520 g/mol. The summed E-state index contributed by atoms with van der Waals surface area (Å²) in [6.07, 6.45) is 10.8. The van der Waals surface area contributed by atoms with E-state index in [1.54, 1.807) is 0 Å². The zero-order chi connectivity index (χ0) is 28.1. The monoisotopic (exact) mass is 550 g/mol. The van der Waals surface area contributed by atoms with Crippen LogP contribution >= 0.6 is 11.3 Å². The van der Waals surface area contributed by atoms with Crippen molar-refractivity contribution in [1.29, 1.82) is 0 Å². The van der Waals surface area contributed by atoms with E-state index in [0.29, 0.717) is 0 Å². The molecule has 0 bridgehead atoms. The van der Waals surface area contributed by atoms with Gasteiger partial charge < -0.3 is 14.3 Å². The lowest BCUT2D eigenvalue weighted by molar-refractivity contribution is 0.578. The van der Waals surface area contributed by atoms with Crippen molar-refractivity contribution in [3.8, 4) is 0 Å². The van der Waals surface area contributed by atoms with Gasteiger partial charge in [0.15, 0.2) is 0 Å². The number of anilines is 2. The zero-order valence-corrected chi connectivity index (χ0v) is 23.9. The minimum atomic E-state index is 0.720. The van der Waals surface area contributed by atoms with Gasteiger partial charge in [0.05, 0.1) is 11.0 Å². The molecule has 3 nitrogen and oxygen atoms in total. The number of thiophene rings is 1. The standard InChI is InChI=1S/C35H26N2OS.C2H4/c1-3-25-21(2)38-33-20-28-26-15-13-23(18-31(26)37(32(28)19-29(25)33)24-9-5-4-6-10-24)36-22-14-16-35-30(17-22)27-11-7-8-12-34(27)39-35;1-2/h3-5,7-9,11-20,36H,2,6,10H2,1H3;1-2H2/b25-3+;. The number of aromatic nitrogens is 1. The van der Waals surface area contributed by atoms with Crippen molar-refractivity contribution in [2.45, 2.75) is 19.8 Å². The summed E-state index contributed by atoms with van der Waals surface area (Å²) in [6.45, 7) is 12.2. The number of rotatable bonds is 3. The van der Waals surface area contributed by atoms with Gasteiger partial charge in [0.1, 0.15) is 11.0 Å². The van der Waals surface area contributed by atoms with Crippen LogP contribution < -0.4 is 16.0 Å². The van der Waals surface area contributed by atoms with Crippen molar-refractivity contribution in [2.24, 2.45) is 0 Å². The van der Waals surface area contributed by atoms with E-state index in [-0.39, 0.29) is 0 Å². The molecule has 0 saturated carbocycles. The van der Waals surface area contributed by atoms with Crippen LogP contribution in [0.5, 0.6) is 0 Å². The highest BCUT2D eigenvalue weighted by atomic mass is 32.1. The van der Waals surface area contributed by atoms with Gasteiger partial charge in [0.25, 0.3) is 0 Å². The molecule has 3 heterocycles. The fourth-order valence-electron chi connectivity index (χ4n) is 6.13. The van der Waals surface area contributed by atoms with Crippen LogP contribution in [0.1, 0.15) is 19.8 Å². The smallest absolute Gasteiger partial charge is 0.136 e. The maximum Gasteiger partial charge on any atom is 0.136 e. The van der Waals surface area contributed by atoms with E-state index < -0.39 is 0 Å². The van der Waals surface area contributed by atoms with Gasteiger partial charge in [-0.2, -0.15) is 0 Å². The molecule has 1 N–H and O–H groups in total. The summed E-state index contributed by atoms with van der Waals surface area (Å²) in [5.41, 5.74) is 7.48. The van der Waals surface area contributed by atoms with Gasteiger partial charge in [0.2, 0.25) is 0 Å². The maximum atomic E-state index is 6.07. The van der Waals surface area contributed by atoms with E-state index in [1.165, 1.54) is 47.7 Å². The fourth-order valence-corrected chi connectivity index (χ4v) is 7.21. The van der Waals surface area contributed by atoms with Crippen molar-refractivity contribution < 1.29 is 4.42 Å². The van der Waals surface area contributed by atoms with Gasteiger partial charge in [-0.3, -0.25) is 0 Å². The number of furan rings is 1. The van der Waals surface area contributed by atoms with Crippen LogP contribution in [0.3, 0.4) is 0 Å². The first-order chi connectivity index (χ1) is 20.2. The normalized spacial score (nSPS) is 13.8. The molecule has 1 aliphatic carbocycles. The molecule has 0 fully saturated rings. The Morgan fingerprint density at radius 3 is 2.44 bits per heavy atom. The highest BCUT2D eigenvalue weighted by Gasteiger charge is 2.17. The number of allylic oxidation sites excluding steroid dienone is 4. The van der Waals surface area contributed by atoms with E-state index in [9.17, 15) is 0 Å². The van der Waals surface area contributed by atoms with E-state index in [0.717, 1.165) is 45.8 Å². The third-order valence-corrected chi connectivity index (χ3v) is 9.08. The summed E-state index contributed by atoms with van der Waals surface area (Å²) in [5.74, 6) is 0. The Bertz CT molecular complexity index is 2310. The Balaban J connectivity index is 0.00000135. The van der Waals surface area contributed by atoms with Crippen molar-refractivity contribution in [2.75, 3.05) is 5.32 Å². The topological polar surface area (TPSA) is 30.1 Å². The predicted molar refractivity (Wildman–Crippen MR) is 181 cm³/mol. The van der Waals surface area contributed by atoms with Gasteiger partial charge in [-0.25, -0.2) is 0 Å². The first-order valence-electron chi connectivity index (χ1n) is 13.9. The van der Waals surface area contributed by atoms with E-state index in [2.05, 4.69) is 127 Å². The molecule has 3 aromatic heterocycles. The number of benzene rings is 4. The van der Waals surface area contributed by atoms with Crippen LogP contribution in [0.15, 0.2) is 109 Å². The van der Waals surface area contributed by atoms with Crippen LogP contribution in [0.25, 0.3) is 71.3 Å². The Morgan fingerprint density at radius 1 is 0.829 bits per heavy atom. The molecule has 0 spiro atoms. The molecule has 7 aromatic rings. The summed E-state index contributed by atoms with van der Waals surface area (Å²) in [7, 11) is 0. The van der Waals surface area contributed by atoms with Gasteiger partial charge in [-0.05, 0) is 74.4 Å². The predicted octanol–water partition coefficient (Wildman–Crippen LogP) is 9.86. The number of hydrogen-bond donors (Lipinski definition) is 1.